The lowest BCUT2D eigenvalue weighted by atomic mass is 9.90. The first-order chi connectivity index (χ1) is 9.69. The monoisotopic (exact) mass is 312 g/mol. The van der Waals surface area contributed by atoms with E-state index in [9.17, 15) is 4.79 Å². The molecular weight excluding hydrogens is 288 g/mol. The number of carbonyl (C=O) groups excluding carboxylic acids is 1. The van der Waals surface area contributed by atoms with Crippen LogP contribution < -0.4 is 15.8 Å². The van der Waals surface area contributed by atoms with E-state index in [1.54, 1.807) is 0 Å². The highest BCUT2D eigenvalue weighted by molar-refractivity contribution is 5.92. The first-order valence-corrected chi connectivity index (χ1v) is 7.42. The molecule has 21 heavy (non-hydrogen) atoms. The second kappa shape index (κ2) is 8.90. The largest absolute Gasteiger partial charge is 0.493 e. The number of ether oxygens (including phenoxy) is 1. The van der Waals surface area contributed by atoms with Gasteiger partial charge in [0, 0.05) is 11.8 Å². The Hall–Kier alpha value is -1.26. The number of aryl methyl sites for hydroxylation is 1. The molecule has 1 amide bonds. The Bertz CT molecular complexity index is 460. The zero-order valence-corrected chi connectivity index (χ0v) is 13.4. The Labute approximate surface area is 132 Å². The van der Waals surface area contributed by atoms with Gasteiger partial charge in [-0.1, -0.05) is 25.3 Å². The molecule has 0 heterocycles. The van der Waals surface area contributed by atoms with Gasteiger partial charge in [-0.05, 0) is 37.3 Å². The molecular formula is C16H25ClN2O2. The smallest absolute Gasteiger partial charge is 0.238 e. The molecule has 1 saturated carbocycles. The predicted molar refractivity (Wildman–Crippen MR) is 88.2 cm³/mol. The van der Waals surface area contributed by atoms with Crippen LogP contribution in [0.25, 0.3) is 0 Å². The molecule has 0 aliphatic heterocycles. The van der Waals surface area contributed by atoms with Crippen molar-refractivity contribution in [2.75, 3.05) is 18.5 Å². The van der Waals surface area contributed by atoms with Crippen LogP contribution in [0.3, 0.4) is 0 Å². The predicted octanol–water partition coefficient (Wildman–Crippen LogP) is 3.27. The SMILES string of the molecule is Cc1ccc(NC(=O)CN)cc1OCC1CCCCC1.Cl. The lowest BCUT2D eigenvalue weighted by Gasteiger charge is -2.22. The van der Waals surface area contributed by atoms with E-state index in [1.165, 1.54) is 32.1 Å². The van der Waals surface area contributed by atoms with Crippen LogP contribution >= 0.6 is 12.4 Å². The van der Waals surface area contributed by atoms with E-state index in [0.717, 1.165) is 23.6 Å². The summed E-state index contributed by atoms with van der Waals surface area (Å²) in [5.41, 5.74) is 7.13. The number of hydrogen-bond donors (Lipinski definition) is 2. The number of nitrogens with two attached hydrogens (primary N) is 1. The molecule has 0 aromatic heterocycles. The molecule has 0 radical (unpaired) electrons. The van der Waals surface area contributed by atoms with Crippen molar-refractivity contribution in [2.45, 2.75) is 39.0 Å². The van der Waals surface area contributed by atoms with Crippen LogP contribution in [-0.4, -0.2) is 19.1 Å². The number of halogens is 1. The van der Waals surface area contributed by atoms with E-state index < -0.39 is 0 Å². The van der Waals surface area contributed by atoms with Gasteiger partial charge in [-0.25, -0.2) is 0 Å². The van der Waals surface area contributed by atoms with Crippen molar-refractivity contribution in [3.8, 4) is 5.75 Å². The molecule has 0 unspecified atom stereocenters. The first-order valence-electron chi connectivity index (χ1n) is 7.42. The van der Waals surface area contributed by atoms with E-state index in [2.05, 4.69) is 5.32 Å². The van der Waals surface area contributed by atoms with Crippen molar-refractivity contribution >= 4 is 24.0 Å². The third-order valence-electron chi connectivity index (χ3n) is 3.86. The summed E-state index contributed by atoms with van der Waals surface area (Å²) in [6.07, 6.45) is 6.53. The van der Waals surface area contributed by atoms with Gasteiger partial charge in [0.15, 0.2) is 0 Å². The summed E-state index contributed by atoms with van der Waals surface area (Å²) in [6.45, 7) is 2.78. The molecule has 1 aliphatic carbocycles. The van der Waals surface area contributed by atoms with Gasteiger partial charge in [-0.2, -0.15) is 0 Å². The number of carbonyl (C=O) groups is 1. The maximum atomic E-state index is 11.3. The Balaban J connectivity index is 0.00000220. The first kappa shape index (κ1) is 17.8. The summed E-state index contributed by atoms with van der Waals surface area (Å²) >= 11 is 0. The van der Waals surface area contributed by atoms with Crippen molar-refractivity contribution in [2.24, 2.45) is 11.7 Å². The van der Waals surface area contributed by atoms with E-state index in [4.69, 9.17) is 10.5 Å². The number of nitrogens with one attached hydrogen (secondary N) is 1. The molecule has 1 aliphatic rings. The fourth-order valence-electron chi connectivity index (χ4n) is 2.61. The molecule has 0 saturated heterocycles. The zero-order chi connectivity index (χ0) is 14.4. The molecule has 1 fully saturated rings. The summed E-state index contributed by atoms with van der Waals surface area (Å²) in [4.78, 5) is 11.3. The third-order valence-corrected chi connectivity index (χ3v) is 3.86. The van der Waals surface area contributed by atoms with Crippen LogP contribution in [0.2, 0.25) is 0 Å². The number of rotatable bonds is 5. The topological polar surface area (TPSA) is 64.4 Å². The summed E-state index contributed by atoms with van der Waals surface area (Å²) in [6, 6.07) is 5.71. The Morgan fingerprint density at radius 3 is 2.71 bits per heavy atom. The molecule has 4 nitrogen and oxygen atoms in total. The Kier molecular flexibility index (Phi) is 7.54. The van der Waals surface area contributed by atoms with Crippen molar-refractivity contribution in [1.29, 1.82) is 0 Å². The number of anilines is 1. The highest BCUT2D eigenvalue weighted by Crippen LogP contribution is 2.27. The average molecular weight is 313 g/mol. The van der Waals surface area contributed by atoms with Crippen molar-refractivity contribution in [1.82, 2.24) is 0 Å². The summed E-state index contributed by atoms with van der Waals surface area (Å²) in [5.74, 6) is 1.34. The lowest BCUT2D eigenvalue weighted by Crippen LogP contribution is -2.22. The van der Waals surface area contributed by atoms with Crippen LogP contribution in [0.1, 0.15) is 37.7 Å². The van der Waals surface area contributed by atoms with Crippen LogP contribution in [0, 0.1) is 12.8 Å². The quantitative estimate of drug-likeness (QED) is 0.877. The van der Waals surface area contributed by atoms with Crippen LogP contribution in [0.15, 0.2) is 18.2 Å². The Morgan fingerprint density at radius 2 is 2.05 bits per heavy atom. The molecule has 1 aromatic carbocycles. The highest BCUT2D eigenvalue weighted by Gasteiger charge is 2.14. The zero-order valence-electron chi connectivity index (χ0n) is 12.6. The van der Waals surface area contributed by atoms with Crippen LogP contribution in [0.5, 0.6) is 5.75 Å². The minimum Gasteiger partial charge on any atom is -0.493 e. The molecule has 2 rings (SSSR count). The van der Waals surface area contributed by atoms with Gasteiger partial charge < -0.3 is 15.8 Å². The fourth-order valence-corrected chi connectivity index (χ4v) is 2.61. The van der Waals surface area contributed by atoms with Gasteiger partial charge in [0.2, 0.25) is 5.91 Å². The summed E-state index contributed by atoms with van der Waals surface area (Å²) < 4.78 is 5.95. The summed E-state index contributed by atoms with van der Waals surface area (Å²) in [7, 11) is 0. The van der Waals surface area contributed by atoms with Crippen molar-refractivity contribution in [3.05, 3.63) is 23.8 Å². The van der Waals surface area contributed by atoms with Gasteiger partial charge in [0.05, 0.1) is 13.2 Å². The molecule has 0 bridgehead atoms. The lowest BCUT2D eigenvalue weighted by molar-refractivity contribution is -0.114. The Morgan fingerprint density at radius 1 is 1.33 bits per heavy atom. The van der Waals surface area contributed by atoms with E-state index >= 15 is 0 Å². The number of benzene rings is 1. The van der Waals surface area contributed by atoms with Crippen LogP contribution in [-0.2, 0) is 4.79 Å². The molecule has 0 spiro atoms. The molecule has 1 aromatic rings. The second-order valence-electron chi connectivity index (χ2n) is 5.55. The standard InChI is InChI=1S/C16H24N2O2.ClH/c1-12-7-8-14(18-16(19)10-17)9-15(12)20-11-13-5-3-2-4-6-13;/h7-9,13H,2-6,10-11,17H2,1H3,(H,18,19);1H. The molecule has 3 N–H and O–H groups in total. The second-order valence-corrected chi connectivity index (χ2v) is 5.55. The average Bonchev–Trinajstić information content (AvgIpc) is 2.48. The van der Waals surface area contributed by atoms with Crippen molar-refractivity contribution in [3.63, 3.8) is 0 Å². The van der Waals surface area contributed by atoms with Gasteiger partial charge in [-0.3, -0.25) is 4.79 Å². The third kappa shape index (κ3) is 5.56. The van der Waals surface area contributed by atoms with Gasteiger partial charge in [0.25, 0.3) is 0 Å². The van der Waals surface area contributed by atoms with E-state index in [-0.39, 0.29) is 24.9 Å². The van der Waals surface area contributed by atoms with E-state index in [0.29, 0.717) is 5.92 Å². The van der Waals surface area contributed by atoms with Gasteiger partial charge in [-0.15, -0.1) is 12.4 Å². The molecule has 0 atom stereocenters. The maximum Gasteiger partial charge on any atom is 0.238 e. The van der Waals surface area contributed by atoms with E-state index in [1.807, 2.05) is 25.1 Å². The normalized spacial score (nSPS) is 15.1. The summed E-state index contributed by atoms with van der Waals surface area (Å²) in [5, 5.41) is 2.75. The highest BCUT2D eigenvalue weighted by atomic mass is 35.5. The van der Waals surface area contributed by atoms with Gasteiger partial charge in [0.1, 0.15) is 5.75 Å². The van der Waals surface area contributed by atoms with Gasteiger partial charge >= 0.3 is 0 Å². The molecule has 5 heteroatoms. The molecule has 118 valence electrons. The fraction of sp³-hybridized carbons (Fsp3) is 0.562. The minimum absolute atomic E-state index is 0. The minimum atomic E-state index is -0.188. The number of amides is 1. The van der Waals surface area contributed by atoms with Crippen LogP contribution in [0.4, 0.5) is 5.69 Å². The maximum absolute atomic E-state index is 11.3. The van der Waals surface area contributed by atoms with Crippen molar-refractivity contribution < 1.29 is 9.53 Å². The number of hydrogen-bond acceptors (Lipinski definition) is 3.